The fourth-order valence-electron chi connectivity index (χ4n) is 2.69. The average Bonchev–Trinajstić information content (AvgIpc) is 2.61. The highest BCUT2D eigenvalue weighted by molar-refractivity contribution is 6.60. The van der Waals surface area contributed by atoms with Gasteiger partial charge in [0.15, 0.2) is 23.3 Å². The predicted molar refractivity (Wildman–Crippen MR) is 89.2 cm³/mol. The highest BCUT2D eigenvalue weighted by Gasteiger charge is 2.39. The summed E-state index contributed by atoms with van der Waals surface area (Å²) in [5.41, 5.74) is -0.774. The molecule has 9 heteroatoms. The van der Waals surface area contributed by atoms with Crippen LogP contribution in [0, 0.1) is 29.1 Å². The molecule has 0 N–H and O–H groups in total. The van der Waals surface area contributed by atoms with Crippen molar-refractivity contribution < 1.29 is 35.2 Å². The highest BCUT2D eigenvalue weighted by Crippen LogP contribution is 2.25. The average molecular weight is 400 g/mol. The van der Waals surface area contributed by atoms with Crippen molar-refractivity contribution in [2.24, 2.45) is 0 Å². The molecule has 0 saturated heterocycles. The lowest BCUT2D eigenvalue weighted by molar-refractivity contribution is 0.0706. The minimum absolute atomic E-state index is 0.238. The zero-order valence-electron chi connectivity index (χ0n) is 15.3. The Kier molecular flexibility index (Phi) is 9.70. The Morgan fingerprint density at radius 2 is 1.04 bits per heavy atom. The molecule has 1 aromatic carbocycles. The normalized spacial score (nSPS) is 12.0. The topological polar surface area (TPSA) is 27.7 Å². The smallest absolute Gasteiger partial charge is 0.374 e. The summed E-state index contributed by atoms with van der Waals surface area (Å²) in [4.78, 5) is 0. The Bertz CT molecular complexity index is 540. The van der Waals surface area contributed by atoms with Crippen molar-refractivity contribution in [1.29, 1.82) is 0 Å². The molecule has 0 aliphatic rings. The monoisotopic (exact) mass is 400 g/mol. The molecule has 0 unspecified atom stereocenters. The van der Waals surface area contributed by atoms with Crippen molar-refractivity contribution >= 4 is 8.80 Å². The van der Waals surface area contributed by atoms with Crippen molar-refractivity contribution in [3.05, 3.63) is 34.6 Å². The van der Waals surface area contributed by atoms with Gasteiger partial charge in [-0.1, -0.05) is 6.42 Å². The molecule has 0 bridgehead atoms. The zero-order valence-corrected chi connectivity index (χ0v) is 16.3. The molecule has 0 saturated carbocycles. The summed E-state index contributed by atoms with van der Waals surface area (Å²) in [6, 6.07) is 0.527. The lowest BCUT2D eigenvalue weighted by Crippen LogP contribution is -2.45. The largest absolute Gasteiger partial charge is 0.500 e. The second-order valence-electron chi connectivity index (χ2n) is 5.59. The molecule has 0 amide bonds. The molecule has 150 valence electrons. The van der Waals surface area contributed by atoms with Crippen LogP contribution in [0.3, 0.4) is 0 Å². The van der Waals surface area contributed by atoms with Gasteiger partial charge in [0.25, 0.3) is 0 Å². The fraction of sp³-hybridized carbons (Fsp3) is 0.647. The van der Waals surface area contributed by atoms with Gasteiger partial charge in [0.05, 0.1) is 0 Å². The second-order valence-corrected chi connectivity index (χ2v) is 8.32. The van der Waals surface area contributed by atoms with E-state index in [0.717, 1.165) is 0 Å². The third kappa shape index (κ3) is 5.73. The van der Waals surface area contributed by atoms with Crippen LogP contribution in [-0.4, -0.2) is 28.6 Å². The molecule has 26 heavy (non-hydrogen) atoms. The summed E-state index contributed by atoms with van der Waals surface area (Å²) in [6.07, 6.45) is 1.15. The van der Waals surface area contributed by atoms with Crippen molar-refractivity contribution in [3.8, 4) is 0 Å². The van der Waals surface area contributed by atoms with E-state index in [1.54, 1.807) is 0 Å². The highest BCUT2D eigenvalue weighted by atomic mass is 28.4. The van der Waals surface area contributed by atoms with Gasteiger partial charge in [-0.2, -0.15) is 0 Å². The Morgan fingerprint density at radius 1 is 0.615 bits per heavy atom. The van der Waals surface area contributed by atoms with Gasteiger partial charge in [-0.05, 0) is 40.0 Å². The molecular formula is C17H25F5O3Si. The summed E-state index contributed by atoms with van der Waals surface area (Å²) in [7, 11) is -2.79. The van der Waals surface area contributed by atoms with E-state index in [9.17, 15) is 22.0 Å². The molecular weight excluding hydrogens is 375 g/mol. The lowest BCUT2D eigenvalue weighted by atomic mass is 10.1. The Hall–Kier alpha value is -1.03. The van der Waals surface area contributed by atoms with Gasteiger partial charge in [-0.25, -0.2) is 22.0 Å². The second kappa shape index (κ2) is 11.0. The first kappa shape index (κ1) is 23.0. The first-order valence-electron chi connectivity index (χ1n) is 8.75. The molecule has 0 heterocycles. The molecule has 0 fully saturated rings. The Labute approximate surface area is 151 Å². The van der Waals surface area contributed by atoms with E-state index in [1.165, 1.54) is 0 Å². The number of hydrogen-bond acceptors (Lipinski definition) is 3. The van der Waals surface area contributed by atoms with Crippen molar-refractivity contribution in [2.75, 3.05) is 19.8 Å². The van der Waals surface area contributed by atoms with Crippen LogP contribution in [0.5, 0.6) is 0 Å². The van der Waals surface area contributed by atoms with E-state index < -0.39 is 43.5 Å². The Morgan fingerprint density at radius 3 is 1.46 bits per heavy atom. The zero-order chi connectivity index (χ0) is 19.7. The van der Waals surface area contributed by atoms with Crippen LogP contribution < -0.4 is 0 Å². The fourth-order valence-corrected chi connectivity index (χ4v) is 5.38. The first-order chi connectivity index (χ1) is 12.3. The van der Waals surface area contributed by atoms with Crippen LogP contribution in [-0.2, 0) is 19.7 Å². The summed E-state index contributed by atoms with van der Waals surface area (Å²) < 4.78 is 83.7. The number of rotatable bonds is 12. The van der Waals surface area contributed by atoms with E-state index in [0.29, 0.717) is 38.7 Å². The van der Waals surface area contributed by atoms with E-state index >= 15 is 0 Å². The van der Waals surface area contributed by atoms with Crippen molar-refractivity contribution in [2.45, 2.75) is 52.5 Å². The van der Waals surface area contributed by atoms with Gasteiger partial charge in [0, 0.05) is 31.4 Å². The number of halogens is 5. The SMILES string of the molecule is CCO[Si](CCCCCc1c(F)c(F)c(F)c(F)c1F)(OCC)OCC. The quantitative estimate of drug-likeness (QED) is 0.160. The minimum Gasteiger partial charge on any atom is -0.374 e. The summed E-state index contributed by atoms with van der Waals surface area (Å²) in [5, 5.41) is 0. The van der Waals surface area contributed by atoms with E-state index in [-0.39, 0.29) is 12.8 Å². The number of benzene rings is 1. The third-order valence-electron chi connectivity index (χ3n) is 3.80. The third-order valence-corrected chi connectivity index (χ3v) is 6.95. The first-order valence-corrected chi connectivity index (χ1v) is 10.7. The van der Waals surface area contributed by atoms with Crippen LogP contribution in [0.4, 0.5) is 22.0 Å². The molecule has 0 radical (unpaired) electrons. The van der Waals surface area contributed by atoms with Gasteiger partial charge in [0.1, 0.15) is 0 Å². The van der Waals surface area contributed by atoms with Crippen LogP contribution in [0.15, 0.2) is 0 Å². The molecule has 0 atom stereocenters. The molecule has 0 aromatic heterocycles. The molecule has 3 nitrogen and oxygen atoms in total. The molecule has 1 aromatic rings. The predicted octanol–water partition coefficient (Wildman–Crippen LogP) is 5.14. The standard InChI is InChI=1S/C17H25F5O3Si/c1-4-23-26(24-5-2,25-6-3)11-9-7-8-10-12-13(18)15(20)17(22)16(21)14(12)19/h4-11H2,1-3H3. The molecule has 0 aliphatic heterocycles. The van der Waals surface area contributed by atoms with Gasteiger partial charge in [0.2, 0.25) is 5.82 Å². The Balaban J connectivity index is 2.64. The van der Waals surface area contributed by atoms with Gasteiger partial charge >= 0.3 is 8.80 Å². The van der Waals surface area contributed by atoms with E-state index in [1.807, 2.05) is 20.8 Å². The van der Waals surface area contributed by atoms with Crippen molar-refractivity contribution in [3.63, 3.8) is 0 Å². The maximum atomic E-state index is 13.6. The van der Waals surface area contributed by atoms with E-state index in [2.05, 4.69) is 0 Å². The van der Waals surface area contributed by atoms with Gasteiger partial charge in [-0.15, -0.1) is 0 Å². The number of unbranched alkanes of at least 4 members (excludes halogenated alkanes) is 2. The van der Waals surface area contributed by atoms with Gasteiger partial charge < -0.3 is 13.3 Å². The van der Waals surface area contributed by atoms with Gasteiger partial charge in [-0.3, -0.25) is 0 Å². The maximum Gasteiger partial charge on any atom is 0.500 e. The minimum atomic E-state index is -2.79. The summed E-state index contributed by atoms with van der Waals surface area (Å²) >= 11 is 0. The van der Waals surface area contributed by atoms with Crippen LogP contribution in [0.1, 0.15) is 45.6 Å². The summed E-state index contributed by atoms with van der Waals surface area (Å²) in [5.74, 6) is -9.47. The van der Waals surface area contributed by atoms with Crippen LogP contribution in [0.25, 0.3) is 0 Å². The molecule has 0 spiro atoms. The molecule has 0 aliphatic carbocycles. The van der Waals surface area contributed by atoms with Crippen LogP contribution in [0.2, 0.25) is 6.04 Å². The van der Waals surface area contributed by atoms with E-state index in [4.69, 9.17) is 13.3 Å². The van der Waals surface area contributed by atoms with Crippen LogP contribution >= 0.6 is 0 Å². The van der Waals surface area contributed by atoms with Crippen molar-refractivity contribution in [1.82, 2.24) is 0 Å². The lowest BCUT2D eigenvalue weighted by Gasteiger charge is -2.28. The number of hydrogen-bond donors (Lipinski definition) is 0. The molecule has 1 rings (SSSR count). The summed E-state index contributed by atoms with van der Waals surface area (Å²) in [6.45, 7) is 6.83. The maximum absolute atomic E-state index is 13.6.